The molecule has 0 N–H and O–H groups in total. The smallest absolute Gasteiger partial charge is 0.0798 e. The van der Waals surface area contributed by atoms with E-state index >= 15 is 0 Å². The standard InChI is InChI=1S/C18H25N2Si.C17H12N.Ir/c1-18(2,3)12-14-11-16(15-9-7-8-10-19-15)20-13-17(14)21(4,5)6;1-3-7-14(8-4-1)16-11-12-18-17(13-16)15-9-5-2-6-10-15;/h7-8,10-11,13H,12H2,1-6H3;1-9,11-13H;/q2*-1;. The van der Waals surface area contributed by atoms with Gasteiger partial charge in [0.1, 0.15) is 0 Å². The minimum absolute atomic E-state index is 0. The van der Waals surface area contributed by atoms with Crippen molar-refractivity contribution < 1.29 is 20.1 Å². The SMILES string of the molecule is CC(C)(C)Cc1cc(-c2[c-]cccn2)ncc1[Si](C)(C)C.[Ir].[c-]1ccccc1-c1cc(-c2ccccc2)ccn1. The van der Waals surface area contributed by atoms with Crippen LogP contribution in [0, 0.1) is 17.5 Å². The van der Waals surface area contributed by atoms with Gasteiger partial charge in [0.05, 0.1) is 8.07 Å². The first kappa shape index (κ1) is 31.3. The van der Waals surface area contributed by atoms with Crippen molar-refractivity contribution in [2.24, 2.45) is 5.41 Å². The maximum absolute atomic E-state index is 4.65. The largest absolute Gasteiger partial charge is 0.318 e. The van der Waals surface area contributed by atoms with Crippen LogP contribution in [0.25, 0.3) is 33.8 Å². The van der Waals surface area contributed by atoms with Gasteiger partial charge in [0.2, 0.25) is 0 Å². The fraction of sp³-hybridized carbons (Fsp3) is 0.229. The Morgan fingerprint density at radius 3 is 2.05 bits per heavy atom. The molecule has 0 saturated heterocycles. The van der Waals surface area contributed by atoms with Crippen molar-refractivity contribution in [1.29, 1.82) is 0 Å². The second-order valence-corrected chi connectivity index (χ2v) is 17.0. The summed E-state index contributed by atoms with van der Waals surface area (Å²) in [4.78, 5) is 13.4. The Morgan fingerprint density at radius 1 is 0.700 bits per heavy atom. The van der Waals surface area contributed by atoms with Gasteiger partial charge >= 0.3 is 0 Å². The van der Waals surface area contributed by atoms with Crippen molar-refractivity contribution in [2.45, 2.75) is 46.8 Å². The number of hydrogen-bond donors (Lipinski definition) is 0. The molecule has 40 heavy (non-hydrogen) atoms. The quantitative estimate of drug-likeness (QED) is 0.136. The van der Waals surface area contributed by atoms with Crippen LogP contribution >= 0.6 is 0 Å². The molecule has 5 heteroatoms. The molecule has 1 radical (unpaired) electrons. The van der Waals surface area contributed by atoms with Gasteiger partial charge < -0.3 is 9.97 Å². The fourth-order valence-corrected chi connectivity index (χ4v) is 6.00. The van der Waals surface area contributed by atoms with E-state index < -0.39 is 8.07 Å². The topological polar surface area (TPSA) is 38.7 Å². The third-order valence-corrected chi connectivity index (χ3v) is 8.29. The maximum Gasteiger partial charge on any atom is 0.0798 e. The summed E-state index contributed by atoms with van der Waals surface area (Å²) in [5, 5.41) is 1.46. The Morgan fingerprint density at radius 2 is 1.43 bits per heavy atom. The molecule has 0 aliphatic heterocycles. The monoisotopic (exact) mass is 720 g/mol. The molecule has 3 heterocycles. The van der Waals surface area contributed by atoms with Gasteiger partial charge in [-0.1, -0.05) is 88.4 Å². The van der Waals surface area contributed by atoms with E-state index in [0.29, 0.717) is 0 Å². The van der Waals surface area contributed by atoms with E-state index in [9.17, 15) is 0 Å². The van der Waals surface area contributed by atoms with E-state index in [1.165, 1.54) is 21.9 Å². The average molecular weight is 720 g/mol. The van der Waals surface area contributed by atoms with Gasteiger partial charge in [-0.15, -0.1) is 42.0 Å². The minimum Gasteiger partial charge on any atom is -0.318 e. The van der Waals surface area contributed by atoms with E-state index in [-0.39, 0.29) is 25.5 Å². The number of benzene rings is 2. The van der Waals surface area contributed by atoms with E-state index in [1.54, 1.807) is 6.20 Å². The van der Waals surface area contributed by atoms with Gasteiger partial charge in [-0.25, -0.2) is 0 Å². The molecule has 5 rings (SSSR count). The minimum atomic E-state index is -1.39. The normalized spacial score (nSPS) is 11.2. The summed E-state index contributed by atoms with van der Waals surface area (Å²) in [6.45, 7) is 14.0. The predicted octanol–water partition coefficient (Wildman–Crippen LogP) is 8.29. The van der Waals surface area contributed by atoms with E-state index in [1.807, 2.05) is 66.9 Å². The molecule has 0 bridgehead atoms. The van der Waals surface area contributed by atoms with E-state index in [0.717, 1.165) is 29.1 Å². The summed E-state index contributed by atoms with van der Waals surface area (Å²) in [6, 6.07) is 34.7. The van der Waals surface area contributed by atoms with Crippen molar-refractivity contribution in [3.05, 3.63) is 121 Å². The molecule has 3 nitrogen and oxygen atoms in total. The molecule has 0 spiro atoms. The van der Waals surface area contributed by atoms with Gasteiger partial charge in [0, 0.05) is 32.5 Å². The zero-order valence-corrected chi connectivity index (χ0v) is 27.6. The Labute approximate surface area is 254 Å². The summed E-state index contributed by atoms with van der Waals surface area (Å²) in [5.41, 5.74) is 7.81. The zero-order valence-electron chi connectivity index (χ0n) is 24.2. The number of rotatable bonds is 5. The Balaban J connectivity index is 0.000000217. The molecular weight excluding hydrogens is 683 g/mol. The van der Waals surface area contributed by atoms with E-state index in [2.05, 4.69) is 98.0 Å². The number of pyridine rings is 3. The summed E-state index contributed by atoms with van der Waals surface area (Å²) < 4.78 is 0. The number of aromatic nitrogens is 3. The van der Waals surface area contributed by atoms with Crippen LogP contribution in [0.1, 0.15) is 26.3 Å². The molecule has 0 atom stereocenters. The third kappa shape index (κ3) is 8.89. The Kier molecular flexibility index (Phi) is 10.9. The molecule has 0 unspecified atom stereocenters. The van der Waals surface area contributed by atoms with Gasteiger partial charge in [0.15, 0.2) is 0 Å². The first-order valence-electron chi connectivity index (χ1n) is 13.4. The van der Waals surface area contributed by atoms with Crippen molar-refractivity contribution >= 4 is 13.3 Å². The van der Waals surface area contributed by atoms with Crippen LogP contribution in [-0.2, 0) is 26.5 Å². The van der Waals surface area contributed by atoms with Crippen molar-refractivity contribution in [2.75, 3.05) is 0 Å². The van der Waals surface area contributed by atoms with Gasteiger partial charge in [-0.3, -0.25) is 4.98 Å². The van der Waals surface area contributed by atoms with Gasteiger partial charge in [-0.2, -0.15) is 12.1 Å². The third-order valence-electron chi connectivity index (χ3n) is 6.22. The Hall–Kier alpha value is -3.24. The van der Waals surface area contributed by atoms with Crippen LogP contribution in [0.4, 0.5) is 0 Å². The van der Waals surface area contributed by atoms with Gasteiger partial charge in [0.25, 0.3) is 0 Å². The molecular formula is C35H37IrN3Si-2. The summed E-state index contributed by atoms with van der Waals surface area (Å²) in [7, 11) is -1.39. The second kappa shape index (κ2) is 13.9. The molecule has 0 aliphatic rings. The van der Waals surface area contributed by atoms with Crippen LogP contribution < -0.4 is 5.19 Å². The fourth-order valence-electron chi connectivity index (χ4n) is 4.43. The first-order chi connectivity index (χ1) is 18.6. The molecule has 5 aromatic rings. The van der Waals surface area contributed by atoms with Crippen LogP contribution in [0.15, 0.2) is 104 Å². The van der Waals surface area contributed by atoms with Crippen LogP contribution in [0.2, 0.25) is 19.6 Å². The zero-order chi connectivity index (χ0) is 27.9. The van der Waals surface area contributed by atoms with Crippen molar-refractivity contribution in [3.8, 4) is 33.8 Å². The van der Waals surface area contributed by atoms with E-state index in [4.69, 9.17) is 0 Å². The molecule has 0 amide bonds. The Bertz CT molecular complexity index is 1420. The molecule has 207 valence electrons. The van der Waals surface area contributed by atoms with Crippen LogP contribution in [0.5, 0.6) is 0 Å². The molecule has 2 aromatic carbocycles. The molecule has 0 fully saturated rings. The summed E-state index contributed by atoms with van der Waals surface area (Å²) >= 11 is 0. The molecule has 0 saturated carbocycles. The number of hydrogen-bond acceptors (Lipinski definition) is 3. The van der Waals surface area contributed by atoms with Crippen molar-refractivity contribution in [1.82, 2.24) is 15.0 Å². The number of nitrogens with zero attached hydrogens (tertiary/aromatic N) is 3. The maximum atomic E-state index is 4.65. The van der Waals surface area contributed by atoms with Crippen molar-refractivity contribution in [3.63, 3.8) is 0 Å². The first-order valence-corrected chi connectivity index (χ1v) is 16.9. The summed E-state index contributed by atoms with van der Waals surface area (Å²) in [5.74, 6) is 0. The molecule has 3 aromatic heterocycles. The predicted molar refractivity (Wildman–Crippen MR) is 166 cm³/mol. The second-order valence-electron chi connectivity index (χ2n) is 11.9. The molecule has 0 aliphatic carbocycles. The van der Waals surface area contributed by atoms with Crippen LogP contribution in [0.3, 0.4) is 0 Å². The summed E-state index contributed by atoms with van der Waals surface area (Å²) in [6.07, 6.45) is 6.78. The average Bonchev–Trinajstić information content (AvgIpc) is 2.93. The van der Waals surface area contributed by atoms with Crippen LogP contribution in [-0.4, -0.2) is 23.0 Å². The van der Waals surface area contributed by atoms with Gasteiger partial charge in [-0.05, 0) is 57.5 Å².